The van der Waals surface area contributed by atoms with Crippen LogP contribution >= 0.6 is 23.2 Å². The minimum absolute atomic E-state index is 0.298. The number of carboxylic acids is 2. The van der Waals surface area contributed by atoms with Gasteiger partial charge in [0.2, 0.25) is 0 Å². The summed E-state index contributed by atoms with van der Waals surface area (Å²) in [7, 11) is 1.82. The molecule has 30 heavy (non-hydrogen) atoms. The molecule has 2 atom stereocenters. The number of methoxy groups -OCH3 is 1. The second kappa shape index (κ2) is 14.5. The predicted octanol–water partition coefficient (Wildman–Crippen LogP) is 4.45. The molecule has 0 aliphatic carbocycles. The van der Waals surface area contributed by atoms with Crippen LogP contribution in [0.25, 0.3) is 0 Å². The highest BCUT2D eigenvalue weighted by Crippen LogP contribution is 2.26. The Balaban J connectivity index is 0.000000656. The van der Waals surface area contributed by atoms with E-state index in [2.05, 4.69) is 11.8 Å². The maximum atomic E-state index is 9.10. The van der Waals surface area contributed by atoms with Crippen molar-refractivity contribution in [2.75, 3.05) is 33.4 Å². The number of hydrogen-bond acceptors (Lipinski definition) is 5. The van der Waals surface area contributed by atoms with Gasteiger partial charge in [-0.3, -0.25) is 0 Å². The van der Waals surface area contributed by atoms with Gasteiger partial charge in [-0.15, -0.1) is 0 Å². The van der Waals surface area contributed by atoms with Gasteiger partial charge in [0.25, 0.3) is 0 Å². The molecule has 9 heteroatoms. The highest BCUT2D eigenvalue weighted by Gasteiger charge is 2.28. The van der Waals surface area contributed by atoms with E-state index in [1.807, 2.05) is 7.11 Å². The zero-order chi connectivity index (χ0) is 22.5. The van der Waals surface area contributed by atoms with Gasteiger partial charge in [0, 0.05) is 23.7 Å². The highest BCUT2D eigenvalue weighted by molar-refractivity contribution is 6.34. The van der Waals surface area contributed by atoms with Gasteiger partial charge in [-0.2, -0.15) is 0 Å². The van der Waals surface area contributed by atoms with Crippen molar-refractivity contribution in [2.24, 2.45) is 5.92 Å². The lowest BCUT2D eigenvalue weighted by Crippen LogP contribution is -2.45. The van der Waals surface area contributed by atoms with Gasteiger partial charge in [0.15, 0.2) is 0 Å². The van der Waals surface area contributed by atoms with Crippen LogP contribution in [-0.2, 0) is 14.3 Å². The van der Waals surface area contributed by atoms with Crippen LogP contribution in [0.2, 0.25) is 10.0 Å². The molecule has 2 N–H and O–H groups in total. The molecule has 1 fully saturated rings. The van der Waals surface area contributed by atoms with E-state index in [0.717, 1.165) is 25.3 Å². The van der Waals surface area contributed by atoms with E-state index in [0.29, 0.717) is 28.7 Å². The Morgan fingerprint density at radius 3 is 2.30 bits per heavy atom. The third-order valence-corrected chi connectivity index (χ3v) is 5.37. The highest BCUT2D eigenvalue weighted by atomic mass is 35.5. The van der Waals surface area contributed by atoms with Crippen molar-refractivity contribution in [3.8, 4) is 5.75 Å². The number of nitrogens with zero attached hydrogens (tertiary/aromatic N) is 1. The number of likely N-dealkylation sites (tertiary alicyclic amines) is 1. The molecule has 0 aromatic heterocycles. The van der Waals surface area contributed by atoms with E-state index < -0.39 is 11.9 Å². The molecule has 0 saturated carbocycles. The summed E-state index contributed by atoms with van der Waals surface area (Å²) in [5.41, 5.74) is 0. The molecule has 1 aromatic rings. The van der Waals surface area contributed by atoms with E-state index in [-0.39, 0.29) is 0 Å². The zero-order valence-corrected chi connectivity index (χ0v) is 19.0. The number of unbranched alkanes of at least 4 members (excludes halogenated alkanes) is 2. The fourth-order valence-electron chi connectivity index (χ4n) is 3.35. The van der Waals surface area contributed by atoms with Crippen LogP contribution in [0.1, 0.15) is 39.0 Å². The summed E-state index contributed by atoms with van der Waals surface area (Å²) in [6.45, 7) is 6.30. The monoisotopic (exact) mass is 463 g/mol. The predicted molar refractivity (Wildman–Crippen MR) is 117 cm³/mol. The van der Waals surface area contributed by atoms with Crippen molar-refractivity contribution in [1.29, 1.82) is 0 Å². The number of aliphatic carboxylic acids is 2. The molecular formula is C21H31Cl2NO6. The van der Waals surface area contributed by atoms with Crippen LogP contribution in [0.15, 0.2) is 18.2 Å². The molecule has 1 aliphatic heterocycles. The summed E-state index contributed by atoms with van der Waals surface area (Å²) in [6, 6.07) is 5.32. The molecule has 1 heterocycles. The maximum absolute atomic E-state index is 9.10. The molecule has 170 valence electrons. The zero-order valence-electron chi connectivity index (χ0n) is 17.5. The minimum atomic E-state index is -1.82. The fourth-order valence-corrected chi connectivity index (χ4v) is 3.86. The third-order valence-electron chi connectivity index (χ3n) is 4.94. The number of rotatable bonds is 9. The lowest BCUT2D eigenvalue weighted by atomic mass is 9.91. The molecule has 1 saturated heterocycles. The second-order valence-corrected chi connectivity index (χ2v) is 8.06. The topological polar surface area (TPSA) is 96.3 Å². The summed E-state index contributed by atoms with van der Waals surface area (Å²) in [5, 5.41) is 16.0. The first-order valence-corrected chi connectivity index (χ1v) is 10.8. The molecule has 2 rings (SSSR count). The molecule has 0 spiro atoms. The number of halogens is 2. The van der Waals surface area contributed by atoms with Crippen LogP contribution in [-0.4, -0.2) is 66.5 Å². The molecule has 0 unspecified atom stereocenters. The molecular weight excluding hydrogens is 433 g/mol. The number of hydrogen-bond donors (Lipinski definition) is 2. The number of piperidine rings is 1. The Morgan fingerprint density at radius 2 is 1.77 bits per heavy atom. The number of ether oxygens (including phenoxy) is 2. The Kier molecular flexibility index (Phi) is 12.8. The second-order valence-electron chi connectivity index (χ2n) is 7.18. The van der Waals surface area contributed by atoms with Gasteiger partial charge >= 0.3 is 11.9 Å². The van der Waals surface area contributed by atoms with Crippen LogP contribution in [0.3, 0.4) is 0 Å². The summed E-state index contributed by atoms with van der Waals surface area (Å²) in [5.74, 6) is -2.37. The number of benzene rings is 1. The number of carbonyl (C=O) groups is 2. The average Bonchev–Trinajstić information content (AvgIpc) is 2.68. The van der Waals surface area contributed by atoms with Crippen molar-refractivity contribution < 1.29 is 29.3 Å². The molecule has 0 amide bonds. The summed E-state index contributed by atoms with van der Waals surface area (Å²) >= 11 is 12.0. The maximum Gasteiger partial charge on any atom is 0.414 e. The standard InChI is InChI=1S/C19H29Cl2NO2.C2H2O4/c1-3-4-5-8-22-9-6-15(19(14-22)23-2)7-10-24-18-12-16(20)11-17(21)13-18;3-1(4)2(5)6/h11-13,15,19H,3-10,14H2,1-2H3;(H,3,4)(H,5,6)/t15-,19+;/m1./s1. The van der Waals surface area contributed by atoms with Crippen molar-refractivity contribution in [3.05, 3.63) is 28.2 Å². The summed E-state index contributed by atoms with van der Waals surface area (Å²) in [4.78, 5) is 20.7. The van der Waals surface area contributed by atoms with Gasteiger partial charge in [-0.1, -0.05) is 43.0 Å². The lowest BCUT2D eigenvalue weighted by Gasteiger charge is -2.37. The van der Waals surface area contributed by atoms with Crippen LogP contribution in [0.4, 0.5) is 0 Å². The van der Waals surface area contributed by atoms with Gasteiger partial charge in [-0.05, 0) is 56.5 Å². The molecule has 0 bridgehead atoms. The minimum Gasteiger partial charge on any atom is -0.493 e. The van der Waals surface area contributed by atoms with E-state index in [4.69, 9.17) is 52.5 Å². The molecule has 0 radical (unpaired) electrons. The van der Waals surface area contributed by atoms with E-state index in [1.54, 1.807) is 18.2 Å². The van der Waals surface area contributed by atoms with Crippen molar-refractivity contribution >= 4 is 35.1 Å². The van der Waals surface area contributed by atoms with Crippen LogP contribution < -0.4 is 4.74 Å². The average molecular weight is 464 g/mol. The number of carboxylic acid groups (broad SMARTS) is 2. The van der Waals surface area contributed by atoms with Gasteiger partial charge in [-0.25, -0.2) is 9.59 Å². The Morgan fingerprint density at radius 1 is 1.13 bits per heavy atom. The third kappa shape index (κ3) is 10.5. The largest absolute Gasteiger partial charge is 0.493 e. The van der Waals surface area contributed by atoms with E-state index in [1.165, 1.54) is 32.2 Å². The van der Waals surface area contributed by atoms with E-state index in [9.17, 15) is 0 Å². The van der Waals surface area contributed by atoms with Crippen molar-refractivity contribution in [2.45, 2.75) is 45.1 Å². The Labute approximate surface area is 187 Å². The smallest absolute Gasteiger partial charge is 0.414 e. The van der Waals surface area contributed by atoms with Crippen molar-refractivity contribution in [1.82, 2.24) is 4.90 Å². The summed E-state index contributed by atoms with van der Waals surface area (Å²) < 4.78 is 11.6. The molecule has 1 aromatic carbocycles. The lowest BCUT2D eigenvalue weighted by molar-refractivity contribution is -0.159. The van der Waals surface area contributed by atoms with Crippen LogP contribution in [0.5, 0.6) is 5.75 Å². The summed E-state index contributed by atoms with van der Waals surface area (Å²) in [6.07, 6.45) is 6.33. The van der Waals surface area contributed by atoms with E-state index >= 15 is 0 Å². The first kappa shape index (κ1) is 26.5. The quantitative estimate of drug-likeness (QED) is 0.412. The van der Waals surface area contributed by atoms with Gasteiger partial charge in [0.1, 0.15) is 5.75 Å². The first-order valence-electron chi connectivity index (χ1n) is 10.1. The Hall–Kier alpha value is -1.54. The van der Waals surface area contributed by atoms with Gasteiger partial charge in [0.05, 0.1) is 12.7 Å². The van der Waals surface area contributed by atoms with Crippen LogP contribution in [0, 0.1) is 5.92 Å². The SMILES string of the molecule is CCCCCN1CC[C@H](CCOc2cc(Cl)cc(Cl)c2)[C@@H](OC)C1.O=C(O)C(=O)O. The fraction of sp³-hybridized carbons (Fsp3) is 0.619. The Bertz CT molecular complexity index is 641. The van der Waals surface area contributed by atoms with Crippen molar-refractivity contribution in [3.63, 3.8) is 0 Å². The van der Waals surface area contributed by atoms with Gasteiger partial charge < -0.3 is 24.6 Å². The molecule has 7 nitrogen and oxygen atoms in total. The molecule has 1 aliphatic rings. The normalized spacial score (nSPS) is 18.9. The first-order chi connectivity index (χ1) is 14.3.